The number of carbonyl (C=O) groups excluding carboxylic acids is 2. The van der Waals surface area contributed by atoms with E-state index in [1.54, 1.807) is 12.0 Å². The van der Waals surface area contributed by atoms with E-state index in [0.717, 1.165) is 5.56 Å². The molecule has 0 bridgehead atoms. The molecule has 0 radical (unpaired) electrons. The largest absolute Gasteiger partial charge is 0.496 e. The first-order valence-electron chi connectivity index (χ1n) is 10.1. The molecular weight excluding hydrogens is 387 g/mol. The highest BCUT2D eigenvalue weighted by Gasteiger charge is 2.43. The molecule has 2 aliphatic rings. The molecule has 30 heavy (non-hydrogen) atoms. The topological polar surface area (TPSA) is 59.1 Å². The van der Waals surface area contributed by atoms with Crippen LogP contribution in [0, 0.1) is 11.7 Å². The normalized spacial score (nSPS) is 21.5. The smallest absolute Gasteiger partial charge is 0.253 e. The Kier molecular flexibility index (Phi) is 5.99. The van der Waals surface area contributed by atoms with Gasteiger partial charge in [-0.15, -0.1) is 0 Å². The van der Waals surface area contributed by atoms with Gasteiger partial charge < -0.3 is 19.3 Å². The summed E-state index contributed by atoms with van der Waals surface area (Å²) in [5.41, 5.74) is 1.33. The Balaban J connectivity index is 1.63. The zero-order valence-corrected chi connectivity index (χ0v) is 16.9. The summed E-state index contributed by atoms with van der Waals surface area (Å²) in [5.74, 6) is -0.404. The van der Waals surface area contributed by atoms with Crippen LogP contribution in [0.2, 0.25) is 0 Å². The number of morpholine rings is 1. The number of nitrogens with zero attached hydrogens (tertiary/aromatic N) is 2. The van der Waals surface area contributed by atoms with Crippen LogP contribution in [0.25, 0.3) is 0 Å². The number of carbonyl (C=O) groups is 2. The molecule has 2 atom stereocenters. The number of hydrogen-bond donors (Lipinski definition) is 0. The van der Waals surface area contributed by atoms with Gasteiger partial charge in [0.1, 0.15) is 11.6 Å². The van der Waals surface area contributed by atoms with E-state index in [4.69, 9.17) is 9.47 Å². The minimum atomic E-state index is -0.389. The fourth-order valence-electron chi connectivity index (χ4n) is 4.30. The first-order valence-corrected chi connectivity index (χ1v) is 10.1. The Labute approximate surface area is 175 Å². The Morgan fingerprint density at radius 1 is 1.00 bits per heavy atom. The monoisotopic (exact) mass is 412 g/mol. The second-order valence-electron chi connectivity index (χ2n) is 7.61. The highest BCUT2D eigenvalue weighted by atomic mass is 19.1. The van der Waals surface area contributed by atoms with Crippen LogP contribution in [0.5, 0.6) is 5.75 Å². The second-order valence-corrected chi connectivity index (χ2v) is 7.61. The highest BCUT2D eigenvalue weighted by molar-refractivity contribution is 5.95. The van der Waals surface area contributed by atoms with Crippen molar-refractivity contribution in [1.29, 1.82) is 0 Å². The van der Waals surface area contributed by atoms with Gasteiger partial charge in [-0.2, -0.15) is 0 Å². The van der Waals surface area contributed by atoms with Gasteiger partial charge in [0.2, 0.25) is 5.91 Å². The quantitative estimate of drug-likeness (QED) is 0.775. The van der Waals surface area contributed by atoms with Crippen molar-refractivity contribution >= 4 is 11.8 Å². The fourth-order valence-corrected chi connectivity index (χ4v) is 4.30. The van der Waals surface area contributed by atoms with Gasteiger partial charge in [0, 0.05) is 37.7 Å². The number of likely N-dealkylation sites (tertiary alicyclic amines) is 1. The highest BCUT2D eigenvalue weighted by Crippen LogP contribution is 2.39. The van der Waals surface area contributed by atoms with Gasteiger partial charge >= 0.3 is 0 Å². The summed E-state index contributed by atoms with van der Waals surface area (Å²) in [7, 11) is 1.61. The molecule has 158 valence electrons. The summed E-state index contributed by atoms with van der Waals surface area (Å²) >= 11 is 0. The van der Waals surface area contributed by atoms with E-state index in [1.165, 1.54) is 24.3 Å². The van der Waals surface area contributed by atoms with Gasteiger partial charge in [-0.1, -0.05) is 18.2 Å². The maximum atomic E-state index is 13.4. The fraction of sp³-hybridized carbons (Fsp3) is 0.391. The first kappa shape index (κ1) is 20.3. The number of rotatable bonds is 4. The molecule has 0 aliphatic carbocycles. The van der Waals surface area contributed by atoms with Crippen LogP contribution < -0.4 is 4.74 Å². The molecule has 2 aromatic rings. The average molecular weight is 412 g/mol. The number of ether oxygens (including phenoxy) is 2. The van der Waals surface area contributed by atoms with Gasteiger partial charge in [0.05, 0.1) is 26.2 Å². The lowest BCUT2D eigenvalue weighted by Crippen LogP contribution is -2.45. The van der Waals surface area contributed by atoms with Crippen molar-refractivity contribution in [1.82, 2.24) is 9.80 Å². The van der Waals surface area contributed by atoms with Crippen LogP contribution in [0.15, 0.2) is 48.5 Å². The third-order valence-corrected chi connectivity index (χ3v) is 5.88. The average Bonchev–Trinajstić information content (AvgIpc) is 3.24. The van der Waals surface area contributed by atoms with Crippen molar-refractivity contribution in [3.05, 3.63) is 65.5 Å². The Hall–Kier alpha value is -2.93. The molecule has 7 heteroatoms. The number of amides is 2. The van der Waals surface area contributed by atoms with E-state index < -0.39 is 0 Å². The van der Waals surface area contributed by atoms with Crippen LogP contribution >= 0.6 is 0 Å². The third-order valence-electron chi connectivity index (χ3n) is 5.88. The van der Waals surface area contributed by atoms with Crippen LogP contribution in [-0.4, -0.2) is 68.1 Å². The molecule has 0 spiro atoms. The predicted molar refractivity (Wildman–Crippen MR) is 109 cm³/mol. The number of hydrogen-bond acceptors (Lipinski definition) is 4. The van der Waals surface area contributed by atoms with E-state index in [9.17, 15) is 14.0 Å². The molecule has 2 aliphatic heterocycles. The van der Waals surface area contributed by atoms with Gasteiger partial charge in [0.25, 0.3) is 5.91 Å². The van der Waals surface area contributed by atoms with Crippen molar-refractivity contribution in [2.75, 3.05) is 46.5 Å². The molecule has 6 nitrogen and oxygen atoms in total. The molecule has 0 N–H and O–H groups in total. The Morgan fingerprint density at radius 3 is 2.40 bits per heavy atom. The minimum Gasteiger partial charge on any atom is -0.496 e. The predicted octanol–water partition coefficient (Wildman–Crippen LogP) is 2.55. The molecule has 2 heterocycles. The van der Waals surface area contributed by atoms with Crippen molar-refractivity contribution in [2.24, 2.45) is 5.92 Å². The molecule has 0 saturated carbocycles. The maximum Gasteiger partial charge on any atom is 0.253 e. The zero-order chi connectivity index (χ0) is 21.1. The van der Waals surface area contributed by atoms with Crippen molar-refractivity contribution in [3.63, 3.8) is 0 Å². The lowest BCUT2D eigenvalue weighted by Gasteiger charge is -2.31. The summed E-state index contributed by atoms with van der Waals surface area (Å²) in [4.78, 5) is 29.9. The van der Waals surface area contributed by atoms with Crippen molar-refractivity contribution in [2.45, 2.75) is 5.92 Å². The summed E-state index contributed by atoms with van der Waals surface area (Å²) < 4.78 is 24.2. The van der Waals surface area contributed by atoms with Crippen molar-refractivity contribution < 1.29 is 23.5 Å². The van der Waals surface area contributed by atoms with E-state index in [1.807, 2.05) is 29.2 Å². The summed E-state index contributed by atoms with van der Waals surface area (Å²) in [5, 5.41) is 0. The van der Waals surface area contributed by atoms with Gasteiger partial charge in [-0.3, -0.25) is 9.59 Å². The zero-order valence-electron chi connectivity index (χ0n) is 16.9. The minimum absolute atomic E-state index is 0.0311. The Bertz CT molecular complexity index is 912. The molecule has 0 unspecified atom stereocenters. The molecule has 2 amide bonds. The Morgan fingerprint density at radius 2 is 1.70 bits per heavy atom. The maximum absolute atomic E-state index is 13.4. The van der Waals surface area contributed by atoms with Gasteiger partial charge in [-0.25, -0.2) is 4.39 Å². The lowest BCUT2D eigenvalue weighted by molar-refractivity contribution is -0.139. The van der Waals surface area contributed by atoms with Crippen LogP contribution in [0.1, 0.15) is 21.8 Å². The summed E-state index contributed by atoms with van der Waals surface area (Å²) in [6.07, 6.45) is 0. The molecule has 2 saturated heterocycles. The van der Waals surface area contributed by atoms with E-state index in [0.29, 0.717) is 50.7 Å². The van der Waals surface area contributed by atoms with E-state index in [2.05, 4.69) is 0 Å². The number of halogens is 1. The van der Waals surface area contributed by atoms with Gasteiger partial charge in [0.15, 0.2) is 0 Å². The second kappa shape index (κ2) is 8.83. The van der Waals surface area contributed by atoms with Crippen LogP contribution in [0.3, 0.4) is 0 Å². The lowest BCUT2D eigenvalue weighted by atomic mass is 9.87. The molecule has 2 fully saturated rings. The molecular formula is C23H25FN2O4. The number of benzene rings is 2. The molecule has 0 aromatic heterocycles. The SMILES string of the molecule is COc1ccccc1[C@@H]1CN(C(=O)c2ccc(F)cc2)C[C@@H]1C(=O)N1CCOCC1. The summed E-state index contributed by atoms with van der Waals surface area (Å²) in [6.45, 7) is 2.87. The van der Waals surface area contributed by atoms with Crippen LogP contribution in [0.4, 0.5) is 4.39 Å². The number of para-hydroxylation sites is 1. The standard InChI is InChI=1S/C23H25FN2O4/c1-29-21-5-3-2-4-18(21)19-14-26(22(27)16-6-8-17(24)9-7-16)15-20(19)23(28)25-10-12-30-13-11-25/h2-9,19-20H,10-15H2,1H3/t19-,20-/m0/s1. The third kappa shape index (κ3) is 4.03. The van der Waals surface area contributed by atoms with E-state index in [-0.39, 0.29) is 29.5 Å². The van der Waals surface area contributed by atoms with Crippen LogP contribution in [-0.2, 0) is 9.53 Å². The van der Waals surface area contributed by atoms with Gasteiger partial charge in [-0.05, 0) is 35.9 Å². The first-order chi connectivity index (χ1) is 14.6. The molecule has 2 aromatic carbocycles. The summed E-state index contributed by atoms with van der Waals surface area (Å²) in [6, 6.07) is 13.1. The number of methoxy groups -OCH3 is 1. The van der Waals surface area contributed by atoms with Crippen molar-refractivity contribution in [3.8, 4) is 5.75 Å². The van der Waals surface area contributed by atoms with E-state index >= 15 is 0 Å². The molecule has 4 rings (SSSR count).